The molecule has 1 heterocycles. The molecule has 0 bridgehead atoms. The molecule has 0 saturated carbocycles. The number of carbonyl (C=O) groups excluding carboxylic acids is 3. The molecule has 3 rings (SSSR count). The van der Waals surface area contributed by atoms with Gasteiger partial charge in [-0.05, 0) is 80.9 Å². The first-order valence-electron chi connectivity index (χ1n) is 11.4. The van der Waals surface area contributed by atoms with Gasteiger partial charge in [0.15, 0.2) is 5.37 Å². The molecular weight excluding hydrogens is 489 g/mol. The zero-order valence-electron chi connectivity index (χ0n) is 20.3. The summed E-state index contributed by atoms with van der Waals surface area (Å²) in [4.78, 5) is 37.2. The van der Waals surface area contributed by atoms with E-state index in [0.29, 0.717) is 17.9 Å². The highest BCUT2D eigenvalue weighted by Crippen LogP contribution is 2.22. The smallest absolute Gasteiger partial charge is 0.410 e. The molecule has 36 heavy (non-hydrogen) atoms. The molecule has 3 N–H and O–H groups in total. The van der Waals surface area contributed by atoms with Crippen LogP contribution in [-0.2, 0) is 16.0 Å². The van der Waals surface area contributed by atoms with E-state index in [1.54, 1.807) is 32.9 Å². The molecule has 0 spiro atoms. The van der Waals surface area contributed by atoms with Crippen LogP contribution in [0.2, 0.25) is 0 Å². The first-order chi connectivity index (χ1) is 17.0. The van der Waals surface area contributed by atoms with Crippen molar-refractivity contribution in [1.82, 2.24) is 10.2 Å². The van der Waals surface area contributed by atoms with Crippen molar-refractivity contribution in [3.05, 3.63) is 59.9 Å². The van der Waals surface area contributed by atoms with Crippen molar-refractivity contribution in [1.29, 1.82) is 0 Å². The number of nitrogens with zero attached hydrogens (tertiary/aromatic N) is 1. The van der Waals surface area contributed by atoms with Crippen LogP contribution >= 0.6 is 11.8 Å². The summed E-state index contributed by atoms with van der Waals surface area (Å²) in [5, 5.41) is 14.6. The van der Waals surface area contributed by atoms with Crippen molar-refractivity contribution in [2.24, 2.45) is 0 Å². The molecule has 1 saturated heterocycles. The monoisotopic (exact) mass is 519 g/mol. The fourth-order valence-electron chi connectivity index (χ4n) is 3.25. The number of thioether (sulfide) groups is 1. The molecule has 1 fully saturated rings. The quantitative estimate of drug-likeness (QED) is 0.434. The maximum Gasteiger partial charge on any atom is 0.410 e. The van der Waals surface area contributed by atoms with E-state index < -0.39 is 23.2 Å². The molecule has 2 aromatic rings. The fourth-order valence-corrected chi connectivity index (χ4v) is 3.98. The van der Waals surface area contributed by atoms with Crippen LogP contribution < -0.4 is 15.4 Å². The highest BCUT2D eigenvalue weighted by molar-refractivity contribution is 8.15. The van der Waals surface area contributed by atoms with Gasteiger partial charge in [-0.2, -0.15) is 0 Å². The highest BCUT2D eigenvalue weighted by Gasteiger charge is 2.31. The third-order valence-electron chi connectivity index (χ3n) is 4.95. The van der Waals surface area contributed by atoms with Gasteiger partial charge in [-0.15, -0.1) is 0 Å². The van der Waals surface area contributed by atoms with E-state index in [1.807, 2.05) is 12.1 Å². The minimum Gasteiger partial charge on any atom is -0.491 e. The Hall–Kier alpha value is -3.31. The second-order valence-electron chi connectivity index (χ2n) is 9.21. The summed E-state index contributed by atoms with van der Waals surface area (Å²) in [5.74, 6) is -0.365. The van der Waals surface area contributed by atoms with Gasteiger partial charge in [-0.3, -0.25) is 14.9 Å². The first kappa shape index (κ1) is 27.3. The van der Waals surface area contributed by atoms with Crippen LogP contribution in [-0.4, -0.2) is 64.0 Å². The van der Waals surface area contributed by atoms with Crippen LogP contribution in [0.5, 0.6) is 5.75 Å². The van der Waals surface area contributed by atoms with E-state index in [-0.39, 0.29) is 36.7 Å². The molecule has 1 aliphatic rings. The van der Waals surface area contributed by atoms with Crippen molar-refractivity contribution < 1.29 is 33.4 Å². The number of aliphatic hydroxyl groups is 1. The number of amides is 3. The third-order valence-corrected chi connectivity index (χ3v) is 5.83. The number of halogens is 1. The number of hydrogen-bond acceptors (Lipinski definition) is 8. The number of nitrogens with one attached hydrogen (secondary N) is 2. The van der Waals surface area contributed by atoms with Crippen molar-refractivity contribution in [3.8, 4) is 5.75 Å². The molecule has 0 radical (unpaired) electrons. The first-order valence-corrected chi connectivity index (χ1v) is 12.3. The van der Waals surface area contributed by atoms with E-state index in [9.17, 15) is 23.9 Å². The van der Waals surface area contributed by atoms with Gasteiger partial charge in [0.2, 0.25) is 0 Å². The van der Waals surface area contributed by atoms with Gasteiger partial charge in [0.1, 0.15) is 29.9 Å². The maximum absolute atomic E-state index is 13.1. The van der Waals surface area contributed by atoms with Crippen molar-refractivity contribution in [3.63, 3.8) is 0 Å². The fraction of sp³-hybridized carbons (Fsp3) is 0.400. The molecule has 194 valence electrons. The van der Waals surface area contributed by atoms with Crippen molar-refractivity contribution >= 4 is 34.7 Å². The largest absolute Gasteiger partial charge is 0.491 e. The van der Waals surface area contributed by atoms with E-state index >= 15 is 0 Å². The predicted molar refractivity (Wildman–Crippen MR) is 134 cm³/mol. The van der Waals surface area contributed by atoms with E-state index in [0.717, 1.165) is 17.3 Å². The Labute approximate surface area is 213 Å². The highest BCUT2D eigenvalue weighted by atomic mass is 32.2. The van der Waals surface area contributed by atoms with Gasteiger partial charge < -0.3 is 24.8 Å². The normalized spacial score (nSPS) is 16.3. The molecule has 3 amide bonds. The standard InChI is InChI=1S/C25H30FN3O6S/c1-25(2,3)35-24(33)29(14-19(30)15-34-20-10-6-17(26)7-11-20)13-12-16-4-8-18(9-5-16)27-22-21(31)28-23(32)36-22/h4-11,19,22,27,30H,12-15H2,1-3H3,(H,28,31,32)/t19-,22?/m0/s1. The number of imide groups is 1. The van der Waals surface area contributed by atoms with Gasteiger partial charge in [-0.1, -0.05) is 12.1 Å². The molecule has 1 unspecified atom stereocenters. The lowest BCUT2D eigenvalue weighted by atomic mass is 10.1. The SMILES string of the molecule is CC(C)(C)OC(=O)N(CCc1ccc(NC2SC(=O)NC2=O)cc1)C[C@H](O)COc1ccc(F)cc1. The maximum atomic E-state index is 13.1. The summed E-state index contributed by atoms with van der Waals surface area (Å²) < 4.78 is 24.0. The average Bonchev–Trinajstić information content (AvgIpc) is 3.12. The molecular formula is C25H30FN3O6S. The molecule has 9 nitrogen and oxygen atoms in total. The van der Waals surface area contributed by atoms with Gasteiger partial charge in [0.05, 0.1) is 6.54 Å². The summed E-state index contributed by atoms with van der Waals surface area (Å²) in [7, 11) is 0. The number of carbonyl (C=O) groups is 3. The molecule has 11 heteroatoms. The Bertz CT molecular complexity index is 1060. The summed E-state index contributed by atoms with van der Waals surface area (Å²) in [6, 6.07) is 12.7. The molecule has 0 aromatic heterocycles. The summed E-state index contributed by atoms with van der Waals surface area (Å²) in [5.41, 5.74) is 0.897. The Morgan fingerprint density at radius 3 is 2.42 bits per heavy atom. The number of ether oxygens (including phenoxy) is 2. The van der Waals surface area contributed by atoms with E-state index in [1.165, 1.54) is 29.2 Å². The lowest BCUT2D eigenvalue weighted by Gasteiger charge is -2.29. The van der Waals surface area contributed by atoms with Gasteiger partial charge in [0, 0.05) is 12.2 Å². The Balaban J connectivity index is 1.56. The van der Waals surface area contributed by atoms with E-state index in [2.05, 4.69) is 10.6 Å². The summed E-state index contributed by atoms with van der Waals surface area (Å²) in [6.45, 7) is 5.47. The zero-order valence-corrected chi connectivity index (χ0v) is 21.1. The predicted octanol–water partition coefficient (Wildman–Crippen LogP) is 3.77. The number of hydrogen-bond donors (Lipinski definition) is 3. The number of anilines is 1. The Morgan fingerprint density at radius 1 is 1.17 bits per heavy atom. The third kappa shape index (κ3) is 8.72. The van der Waals surface area contributed by atoms with Gasteiger partial charge >= 0.3 is 6.09 Å². The minimum absolute atomic E-state index is 0.0161. The Kier molecular flexibility index (Phi) is 9.16. The topological polar surface area (TPSA) is 117 Å². The van der Waals surface area contributed by atoms with Crippen LogP contribution in [0, 0.1) is 5.82 Å². The van der Waals surface area contributed by atoms with Crippen LogP contribution in [0.3, 0.4) is 0 Å². The minimum atomic E-state index is -0.994. The Morgan fingerprint density at radius 2 is 1.83 bits per heavy atom. The second kappa shape index (κ2) is 12.1. The molecule has 1 aliphatic heterocycles. The van der Waals surface area contributed by atoms with Crippen LogP contribution in [0.15, 0.2) is 48.5 Å². The van der Waals surface area contributed by atoms with Crippen LogP contribution in [0.1, 0.15) is 26.3 Å². The number of aliphatic hydroxyl groups excluding tert-OH is 1. The zero-order chi connectivity index (χ0) is 26.3. The molecule has 2 atom stereocenters. The number of rotatable bonds is 10. The van der Waals surface area contributed by atoms with Gasteiger partial charge in [-0.25, -0.2) is 9.18 Å². The second-order valence-corrected chi connectivity index (χ2v) is 10.3. The summed E-state index contributed by atoms with van der Waals surface area (Å²) >= 11 is 0.884. The van der Waals surface area contributed by atoms with Crippen LogP contribution in [0.4, 0.5) is 19.7 Å². The average molecular weight is 520 g/mol. The lowest BCUT2D eigenvalue weighted by Crippen LogP contribution is -2.43. The van der Waals surface area contributed by atoms with Crippen molar-refractivity contribution in [2.45, 2.75) is 44.3 Å². The van der Waals surface area contributed by atoms with Gasteiger partial charge in [0.25, 0.3) is 11.1 Å². The van der Waals surface area contributed by atoms with E-state index in [4.69, 9.17) is 9.47 Å². The summed E-state index contributed by atoms with van der Waals surface area (Å²) in [6.07, 6.45) is -1.06. The lowest BCUT2D eigenvalue weighted by molar-refractivity contribution is -0.118. The van der Waals surface area contributed by atoms with Crippen molar-refractivity contribution in [2.75, 3.05) is 25.0 Å². The van der Waals surface area contributed by atoms with Crippen LogP contribution in [0.25, 0.3) is 0 Å². The molecule has 2 aromatic carbocycles. The number of benzene rings is 2. The molecule has 0 aliphatic carbocycles.